The molecule has 0 aliphatic rings. The number of carboxylic acid groups (broad SMARTS) is 1. The van der Waals surface area contributed by atoms with E-state index in [1.165, 1.54) is 6.07 Å². The van der Waals surface area contributed by atoms with Gasteiger partial charge in [0.1, 0.15) is 17.1 Å². The molecule has 0 aliphatic carbocycles. The van der Waals surface area contributed by atoms with Gasteiger partial charge in [-0.2, -0.15) is 0 Å². The maximum Gasteiger partial charge on any atom is 0.339 e. The molecule has 0 unspecified atom stereocenters. The average Bonchev–Trinajstić information content (AvgIpc) is 2.50. The number of hydrogen-bond acceptors (Lipinski definition) is 3. The first kappa shape index (κ1) is 14.2. The van der Waals surface area contributed by atoms with Crippen molar-refractivity contribution in [2.45, 2.75) is 13.3 Å². The van der Waals surface area contributed by atoms with Gasteiger partial charge >= 0.3 is 5.97 Å². The Morgan fingerprint density at radius 2 is 1.91 bits per heavy atom. The van der Waals surface area contributed by atoms with Crippen molar-refractivity contribution >= 4 is 27.5 Å². The smallest absolute Gasteiger partial charge is 0.339 e. The molecule has 0 aromatic heterocycles. The van der Waals surface area contributed by atoms with E-state index >= 15 is 0 Å². The van der Waals surface area contributed by atoms with E-state index in [0.717, 1.165) is 27.3 Å². The van der Waals surface area contributed by atoms with Crippen molar-refractivity contribution < 1.29 is 19.7 Å². The highest BCUT2D eigenvalue weighted by atomic mass is 16.5. The van der Waals surface area contributed by atoms with E-state index < -0.39 is 5.97 Å². The number of hydrogen-bond donors (Lipinski definition) is 2. The van der Waals surface area contributed by atoms with Crippen molar-refractivity contribution in [2.75, 3.05) is 7.11 Å². The summed E-state index contributed by atoms with van der Waals surface area (Å²) in [7, 11) is 1.61. The summed E-state index contributed by atoms with van der Waals surface area (Å²) < 4.78 is 5.39. The number of aromatic hydroxyl groups is 1. The van der Waals surface area contributed by atoms with Gasteiger partial charge in [-0.15, -0.1) is 0 Å². The molecule has 0 heterocycles. The summed E-state index contributed by atoms with van der Waals surface area (Å²) in [5, 5.41) is 23.0. The van der Waals surface area contributed by atoms with Gasteiger partial charge in [0, 0.05) is 5.39 Å². The van der Waals surface area contributed by atoms with Crippen LogP contribution in [-0.2, 0) is 6.42 Å². The number of aryl methyl sites for hydroxylation is 1. The molecule has 3 rings (SSSR count). The van der Waals surface area contributed by atoms with E-state index in [2.05, 4.69) is 0 Å². The standard InChI is InChI=1S/C18H16O4/c1-3-12-13-9-14-10(5-4-6-16(14)22-2)7-11(13)8-15(19)17(12)18(20)21/h4-9,19H,3H2,1-2H3,(H,20,21). The van der Waals surface area contributed by atoms with E-state index in [1.54, 1.807) is 7.11 Å². The fourth-order valence-corrected chi connectivity index (χ4v) is 2.99. The highest BCUT2D eigenvalue weighted by molar-refractivity contribution is 6.07. The molecule has 0 aliphatic heterocycles. The van der Waals surface area contributed by atoms with E-state index in [0.29, 0.717) is 12.0 Å². The van der Waals surface area contributed by atoms with Crippen molar-refractivity contribution in [2.24, 2.45) is 0 Å². The molecular formula is C18H16O4. The second-order valence-electron chi connectivity index (χ2n) is 5.16. The molecule has 0 bridgehead atoms. The topological polar surface area (TPSA) is 66.8 Å². The Labute approximate surface area is 127 Å². The Morgan fingerprint density at radius 3 is 2.55 bits per heavy atom. The third-order valence-corrected chi connectivity index (χ3v) is 3.97. The summed E-state index contributed by atoms with van der Waals surface area (Å²) >= 11 is 0. The van der Waals surface area contributed by atoms with Crippen LogP contribution in [0.3, 0.4) is 0 Å². The van der Waals surface area contributed by atoms with Crippen LogP contribution in [0.4, 0.5) is 0 Å². The van der Waals surface area contributed by atoms with Gasteiger partial charge in [-0.05, 0) is 52.4 Å². The Morgan fingerprint density at radius 1 is 1.14 bits per heavy atom. The second-order valence-corrected chi connectivity index (χ2v) is 5.16. The van der Waals surface area contributed by atoms with Gasteiger partial charge in [-0.25, -0.2) is 4.79 Å². The molecule has 0 saturated carbocycles. The summed E-state index contributed by atoms with van der Waals surface area (Å²) in [6.45, 7) is 1.88. The van der Waals surface area contributed by atoms with Crippen LogP contribution in [0.5, 0.6) is 11.5 Å². The molecule has 0 amide bonds. The van der Waals surface area contributed by atoms with E-state index in [1.807, 2.05) is 37.3 Å². The van der Waals surface area contributed by atoms with E-state index in [4.69, 9.17) is 4.74 Å². The molecular weight excluding hydrogens is 280 g/mol. The molecule has 0 atom stereocenters. The van der Waals surface area contributed by atoms with Crippen molar-refractivity contribution in [1.82, 2.24) is 0 Å². The number of fused-ring (bicyclic) bond motifs is 2. The number of carboxylic acids is 1. The largest absolute Gasteiger partial charge is 0.507 e. The zero-order valence-electron chi connectivity index (χ0n) is 12.4. The molecule has 0 fully saturated rings. The lowest BCUT2D eigenvalue weighted by molar-refractivity contribution is 0.0693. The number of carbonyl (C=O) groups is 1. The lowest BCUT2D eigenvalue weighted by Crippen LogP contribution is -2.03. The number of phenols is 1. The number of aromatic carboxylic acids is 1. The Balaban J connectivity index is 2.49. The Bertz CT molecular complexity index is 897. The van der Waals surface area contributed by atoms with Crippen molar-refractivity contribution in [1.29, 1.82) is 0 Å². The van der Waals surface area contributed by atoms with Crippen LogP contribution in [0.2, 0.25) is 0 Å². The minimum atomic E-state index is -1.11. The van der Waals surface area contributed by atoms with Gasteiger partial charge in [-0.1, -0.05) is 19.1 Å². The summed E-state index contributed by atoms with van der Waals surface area (Å²) in [5.41, 5.74) is 0.611. The molecule has 0 radical (unpaired) electrons. The van der Waals surface area contributed by atoms with Crippen LogP contribution in [0.25, 0.3) is 21.5 Å². The predicted octanol–water partition coefficient (Wildman–Crippen LogP) is 3.97. The number of methoxy groups -OCH3 is 1. The molecule has 22 heavy (non-hydrogen) atoms. The third-order valence-electron chi connectivity index (χ3n) is 3.97. The van der Waals surface area contributed by atoms with Crippen LogP contribution < -0.4 is 4.74 Å². The monoisotopic (exact) mass is 296 g/mol. The Hall–Kier alpha value is -2.75. The number of ether oxygens (including phenoxy) is 1. The first-order chi connectivity index (χ1) is 10.6. The minimum Gasteiger partial charge on any atom is -0.507 e. The molecule has 3 aromatic carbocycles. The highest BCUT2D eigenvalue weighted by Gasteiger charge is 2.18. The van der Waals surface area contributed by atoms with Crippen molar-refractivity contribution in [3.05, 3.63) is 47.5 Å². The van der Waals surface area contributed by atoms with Crippen molar-refractivity contribution in [3.8, 4) is 11.5 Å². The molecule has 3 aromatic rings. The summed E-state index contributed by atoms with van der Waals surface area (Å²) in [5.74, 6) is -0.568. The fraction of sp³-hybridized carbons (Fsp3) is 0.167. The maximum absolute atomic E-state index is 11.4. The van der Waals surface area contributed by atoms with E-state index in [9.17, 15) is 15.0 Å². The summed E-state index contributed by atoms with van der Waals surface area (Å²) in [6.07, 6.45) is 0.521. The van der Waals surface area contributed by atoms with Crippen LogP contribution in [-0.4, -0.2) is 23.3 Å². The average molecular weight is 296 g/mol. The van der Waals surface area contributed by atoms with Gasteiger partial charge in [0.2, 0.25) is 0 Å². The lowest BCUT2D eigenvalue weighted by Gasteiger charge is -2.13. The fourth-order valence-electron chi connectivity index (χ4n) is 2.99. The first-order valence-corrected chi connectivity index (χ1v) is 7.05. The summed E-state index contributed by atoms with van der Waals surface area (Å²) in [6, 6.07) is 11.1. The maximum atomic E-state index is 11.4. The minimum absolute atomic E-state index is 0.0238. The zero-order chi connectivity index (χ0) is 15.9. The van der Waals surface area contributed by atoms with Gasteiger partial charge < -0.3 is 14.9 Å². The highest BCUT2D eigenvalue weighted by Crippen LogP contribution is 2.36. The quantitative estimate of drug-likeness (QED) is 0.718. The van der Waals surface area contributed by atoms with Crippen molar-refractivity contribution in [3.63, 3.8) is 0 Å². The van der Waals surface area contributed by atoms with Gasteiger partial charge in [0.25, 0.3) is 0 Å². The Kier molecular flexibility index (Phi) is 3.37. The molecule has 0 saturated heterocycles. The van der Waals surface area contributed by atoms with Crippen LogP contribution >= 0.6 is 0 Å². The SMILES string of the molecule is CCc1c(C(=O)O)c(O)cc2cc3cccc(OC)c3cc12. The zero-order valence-corrected chi connectivity index (χ0v) is 12.4. The summed E-state index contributed by atoms with van der Waals surface area (Å²) in [4.78, 5) is 11.4. The number of benzene rings is 3. The van der Waals surface area contributed by atoms with Crippen LogP contribution in [0, 0.1) is 0 Å². The number of rotatable bonds is 3. The van der Waals surface area contributed by atoms with E-state index in [-0.39, 0.29) is 11.3 Å². The normalized spacial score (nSPS) is 11.0. The molecule has 2 N–H and O–H groups in total. The van der Waals surface area contributed by atoms with Gasteiger partial charge in [0.15, 0.2) is 0 Å². The molecule has 4 heteroatoms. The van der Waals surface area contributed by atoms with Crippen LogP contribution in [0.15, 0.2) is 36.4 Å². The molecule has 0 spiro atoms. The van der Waals surface area contributed by atoms with Gasteiger partial charge in [-0.3, -0.25) is 0 Å². The molecule has 4 nitrogen and oxygen atoms in total. The van der Waals surface area contributed by atoms with Crippen LogP contribution in [0.1, 0.15) is 22.8 Å². The molecule has 112 valence electrons. The lowest BCUT2D eigenvalue weighted by atomic mass is 9.93. The second kappa shape index (κ2) is 5.22. The predicted molar refractivity (Wildman–Crippen MR) is 86.0 cm³/mol. The third kappa shape index (κ3) is 2.04. The first-order valence-electron chi connectivity index (χ1n) is 7.05. The van der Waals surface area contributed by atoms with Gasteiger partial charge in [0.05, 0.1) is 7.11 Å².